The molecule has 0 saturated heterocycles. The van der Waals surface area contributed by atoms with Crippen molar-refractivity contribution in [3.05, 3.63) is 65.0 Å². The predicted octanol–water partition coefficient (Wildman–Crippen LogP) is 2.75. The van der Waals surface area contributed by atoms with Gasteiger partial charge in [0, 0.05) is 17.0 Å². The molecule has 8 heteroatoms. The van der Waals surface area contributed by atoms with Crippen LogP contribution in [0, 0.1) is 0 Å². The quantitative estimate of drug-likeness (QED) is 0.666. The molecule has 0 saturated carbocycles. The second-order valence-electron chi connectivity index (χ2n) is 6.42. The minimum absolute atomic E-state index is 0.0212. The number of pyridine rings is 1. The Hall–Kier alpha value is -3.94. The van der Waals surface area contributed by atoms with Crippen molar-refractivity contribution in [3.8, 4) is 11.5 Å². The van der Waals surface area contributed by atoms with Gasteiger partial charge in [-0.25, -0.2) is 4.79 Å². The van der Waals surface area contributed by atoms with Gasteiger partial charge in [-0.05, 0) is 24.3 Å². The molecule has 0 bridgehead atoms. The summed E-state index contributed by atoms with van der Waals surface area (Å²) in [5.41, 5.74) is 1.03. The van der Waals surface area contributed by atoms with Crippen LogP contribution in [0.5, 0.6) is 11.5 Å². The van der Waals surface area contributed by atoms with Crippen LogP contribution in [0.15, 0.2) is 42.6 Å². The minimum Gasteiger partial charge on any atom is -0.493 e. The number of fused-ring (bicyclic) bond motifs is 2. The highest BCUT2D eigenvalue weighted by atomic mass is 16.5. The van der Waals surface area contributed by atoms with Crippen molar-refractivity contribution in [2.45, 2.75) is 6.54 Å². The van der Waals surface area contributed by atoms with Crippen molar-refractivity contribution >= 4 is 28.6 Å². The molecule has 0 atom stereocenters. The molecule has 0 aliphatic carbocycles. The number of hydrogen-bond donors (Lipinski definition) is 1. The van der Waals surface area contributed by atoms with Crippen LogP contribution in [-0.4, -0.2) is 47.0 Å². The molecule has 1 aliphatic rings. The molecule has 3 aromatic rings. The van der Waals surface area contributed by atoms with E-state index in [1.165, 1.54) is 20.4 Å². The molecule has 1 N–H and O–H groups in total. The van der Waals surface area contributed by atoms with E-state index in [9.17, 15) is 19.5 Å². The number of aromatic nitrogens is 1. The number of carbonyl (C=O) groups excluding carboxylic acids is 2. The number of ether oxygens (including phenoxy) is 2. The van der Waals surface area contributed by atoms with E-state index in [1.807, 2.05) is 0 Å². The molecule has 2 amide bonds. The number of aromatic carboxylic acids is 1. The van der Waals surface area contributed by atoms with E-state index in [2.05, 4.69) is 4.98 Å². The first-order valence-electron chi connectivity index (χ1n) is 8.68. The number of benzene rings is 2. The Labute approximate surface area is 165 Å². The molecule has 2 heterocycles. The normalized spacial score (nSPS) is 13.0. The number of methoxy groups -OCH3 is 2. The molecular weight excluding hydrogens is 376 g/mol. The average molecular weight is 392 g/mol. The lowest BCUT2D eigenvalue weighted by Gasteiger charge is -2.17. The van der Waals surface area contributed by atoms with Crippen molar-refractivity contribution in [2.24, 2.45) is 0 Å². The molecular formula is C21H16N2O6. The highest BCUT2D eigenvalue weighted by Gasteiger charge is 2.35. The maximum Gasteiger partial charge on any atom is 0.337 e. The number of hydrogen-bond acceptors (Lipinski definition) is 6. The fourth-order valence-electron chi connectivity index (χ4n) is 3.45. The highest BCUT2D eigenvalue weighted by Crippen LogP contribution is 2.35. The van der Waals surface area contributed by atoms with E-state index in [0.29, 0.717) is 39.1 Å². The summed E-state index contributed by atoms with van der Waals surface area (Å²) in [6.45, 7) is -0.0990. The van der Waals surface area contributed by atoms with Crippen molar-refractivity contribution in [1.29, 1.82) is 0 Å². The molecule has 0 radical (unpaired) electrons. The summed E-state index contributed by atoms with van der Waals surface area (Å²) < 4.78 is 10.6. The summed E-state index contributed by atoms with van der Waals surface area (Å²) in [5.74, 6) is -1.23. The second-order valence-corrected chi connectivity index (χ2v) is 6.42. The Bertz CT molecular complexity index is 1150. The summed E-state index contributed by atoms with van der Waals surface area (Å²) in [6, 6.07) is 9.73. The monoisotopic (exact) mass is 392 g/mol. The van der Waals surface area contributed by atoms with Gasteiger partial charge in [0.1, 0.15) is 0 Å². The van der Waals surface area contributed by atoms with E-state index >= 15 is 0 Å². The first kappa shape index (κ1) is 18.4. The third-order valence-corrected chi connectivity index (χ3v) is 4.89. The first-order valence-corrected chi connectivity index (χ1v) is 8.68. The molecule has 0 fully saturated rings. The Morgan fingerprint density at radius 2 is 1.55 bits per heavy atom. The number of amides is 2. The fourth-order valence-corrected chi connectivity index (χ4v) is 3.45. The standard InChI is InChI=1S/C21H16N2O6/c1-28-17-7-13-14(8-18(17)29-2)16(22-9-15(13)21(26)27)10-23-19(24)11-5-3-4-6-12(11)20(23)25/h3-9H,10H2,1-2H3,(H,26,27). The lowest BCUT2D eigenvalue weighted by molar-refractivity contribution is 0.0637. The maximum absolute atomic E-state index is 12.7. The Morgan fingerprint density at radius 1 is 1.00 bits per heavy atom. The van der Waals surface area contributed by atoms with Crippen LogP contribution < -0.4 is 9.47 Å². The van der Waals surface area contributed by atoms with Crippen molar-refractivity contribution in [2.75, 3.05) is 14.2 Å². The van der Waals surface area contributed by atoms with Gasteiger partial charge in [-0.15, -0.1) is 0 Å². The van der Waals surface area contributed by atoms with Crippen LogP contribution in [0.4, 0.5) is 0 Å². The summed E-state index contributed by atoms with van der Waals surface area (Å²) in [6.07, 6.45) is 1.21. The van der Waals surface area contributed by atoms with Crippen LogP contribution in [0.3, 0.4) is 0 Å². The van der Waals surface area contributed by atoms with E-state index in [4.69, 9.17) is 9.47 Å². The molecule has 1 aromatic heterocycles. The third-order valence-electron chi connectivity index (χ3n) is 4.89. The van der Waals surface area contributed by atoms with Crippen LogP contribution >= 0.6 is 0 Å². The Balaban J connectivity index is 1.85. The molecule has 2 aromatic carbocycles. The van der Waals surface area contributed by atoms with Gasteiger partial charge in [-0.2, -0.15) is 0 Å². The van der Waals surface area contributed by atoms with Crippen molar-refractivity contribution in [3.63, 3.8) is 0 Å². The smallest absolute Gasteiger partial charge is 0.337 e. The summed E-state index contributed by atoms with van der Waals surface area (Å²) >= 11 is 0. The van der Waals surface area contributed by atoms with Crippen LogP contribution in [0.25, 0.3) is 10.8 Å². The van der Waals surface area contributed by atoms with Crippen LogP contribution in [0.2, 0.25) is 0 Å². The van der Waals surface area contributed by atoms with E-state index in [-0.39, 0.29) is 12.1 Å². The van der Waals surface area contributed by atoms with Gasteiger partial charge in [0.15, 0.2) is 11.5 Å². The summed E-state index contributed by atoms with van der Waals surface area (Å²) in [4.78, 5) is 42.3. The molecule has 146 valence electrons. The largest absolute Gasteiger partial charge is 0.493 e. The SMILES string of the molecule is COc1cc2c(C(=O)O)cnc(CN3C(=O)c4ccccc4C3=O)c2cc1OC. The van der Waals surface area contributed by atoms with E-state index < -0.39 is 17.8 Å². The number of imide groups is 1. The predicted molar refractivity (Wildman–Crippen MR) is 102 cm³/mol. The number of carboxylic acids is 1. The van der Waals surface area contributed by atoms with Gasteiger partial charge in [-0.3, -0.25) is 19.5 Å². The molecule has 1 aliphatic heterocycles. The Morgan fingerprint density at radius 3 is 2.07 bits per heavy atom. The minimum atomic E-state index is -1.15. The van der Waals surface area contributed by atoms with Crippen LogP contribution in [-0.2, 0) is 6.54 Å². The molecule has 0 spiro atoms. The lowest BCUT2D eigenvalue weighted by atomic mass is 10.0. The van der Waals surface area contributed by atoms with Gasteiger partial charge in [0.25, 0.3) is 11.8 Å². The third kappa shape index (κ3) is 2.85. The second kappa shape index (κ2) is 6.90. The fraction of sp³-hybridized carbons (Fsp3) is 0.143. The zero-order chi connectivity index (χ0) is 20.7. The summed E-state index contributed by atoms with van der Waals surface area (Å²) in [7, 11) is 2.91. The topological polar surface area (TPSA) is 106 Å². The maximum atomic E-state index is 12.7. The molecule has 0 unspecified atom stereocenters. The number of carbonyl (C=O) groups is 3. The van der Waals surface area contributed by atoms with E-state index in [0.717, 1.165) is 4.90 Å². The molecule has 8 nitrogen and oxygen atoms in total. The zero-order valence-corrected chi connectivity index (χ0v) is 15.6. The van der Waals surface area contributed by atoms with Gasteiger partial charge < -0.3 is 14.6 Å². The van der Waals surface area contributed by atoms with Gasteiger partial charge in [-0.1, -0.05) is 12.1 Å². The molecule has 4 rings (SSSR count). The summed E-state index contributed by atoms with van der Waals surface area (Å²) in [5, 5.41) is 10.3. The average Bonchev–Trinajstić information content (AvgIpc) is 2.97. The van der Waals surface area contributed by atoms with Crippen LogP contribution in [0.1, 0.15) is 36.8 Å². The number of carboxylic acid groups (broad SMARTS) is 1. The Kier molecular flexibility index (Phi) is 4.38. The first-order chi connectivity index (χ1) is 14.0. The number of rotatable bonds is 5. The van der Waals surface area contributed by atoms with Gasteiger partial charge in [0.2, 0.25) is 0 Å². The zero-order valence-electron chi connectivity index (χ0n) is 15.6. The van der Waals surface area contributed by atoms with Crippen molar-refractivity contribution < 1.29 is 29.0 Å². The molecule has 29 heavy (non-hydrogen) atoms. The van der Waals surface area contributed by atoms with Gasteiger partial charge in [0.05, 0.1) is 43.1 Å². The highest BCUT2D eigenvalue weighted by molar-refractivity contribution is 6.21. The van der Waals surface area contributed by atoms with Gasteiger partial charge >= 0.3 is 5.97 Å². The van der Waals surface area contributed by atoms with E-state index in [1.54, 1.807) is 36.4 Å². The van der Waals surface area contributed by atoms with Crippen molar-refractivity contribution in [1.82, 2.24) is 9.88 Å². The number of nitrogens with zero attached hydrogens (tertiary/aromatic N) is 2. The lowest BCUT2D eigenvalue weighted by Crippen LogP contribution is -2.29.